The first-order chi connectivity index (χ1) is 9.10. The quantitative estimate of drug-likeness (QED) is 0.890. The van der Waals surface area contributed by atoms with Gasteiger partial charge in [0.05, 0.1) is 10.7 Å². The minimum absolute atomic E-state index is 0.173. The molecule has 0 saturated heterocycles. The smallest absolute Gasteiger partial charge is 0.255 e. The molecule has 19 heavy (non-hydrogen) atoms. The van der Waals surface area contributed by atoms with Gasteiger partial charge in [0.1, 0.15) is 0 Å². The SMILES string of the molecule is CNc1ccc(C(=O)Nc2ccc(C)cc2Cl)cc1. The molecular weight excluding hydrogens is 260 g/mol. The van der Waals surface area contributed by atoms with Crippen molar-refractivity contribution in [2.24, 2.45) is 0 Å². The van der Waals surface area contributed by atoms with Gasteiger partial charge in [0.15, 0.2) is 0 Å². The van der Waals surface area contributed by atoms with Gasteiger partial charge in [0.2, 0.25) is 0 Å². The van der Waals surface area contributed by atoms with Gasteiger partial charge in [-0.05, 0) is 48.9 Å². The Morgan fingerprint density at radius 3 is 2.37 bits per heavy atom. The summed E-state index contributed by atoms with van der Waals surface area (Å²) in [6, 6.07) is 12.8. The number of carbonyl (C=O) groups is 1. The van der Waals surface area contributed by atoms with Crippen LogP contribution in [0.3, 0.4) is 0 Å². The zero-order chi connectivity index (χ0) is 13.8. The summed E-state index contributed by atoms with van der Waals surface area (Å²) in [7, 11) is 1.83. The maximum atomic E-state index is 12.1. The van der Waals surface area contributed by atoms with Gasteiger partial charge in [0, 0.05) is 18.3 Å². The Balaban J connectivity index is 2.15. The lowest BCUT2D eigenvalue weighted by molar-refractivity contribution is 0.102. The fourth-order valence-corrected chi connectivity index (χ4v) is 1.99. The molecule has 0 aliphatic rings. The van der Waals surface area contributed by atoms with Gasteiger partial charge < -0.3 is 10.6 Å². The van der Waals surface area contributed by atoms with Crippen molar-refractivity contribution in [1.82, 2.24) is 0 Å². The summed E-state index contributed by atoms with van der Waals surface area (Å²) >= 11 is 6.08. The summed E-state index contributed by atoms with van der Waals surface area (Å²) in [5, 5.41) is 6.35. The second-order valence-electron chi connectivity index (χ2n) is 4.26. The van der Waals surface area contributed by atoms with Crippen LogP contribution in [-0.2, 0) is 0 Å². The molecule has 0 saturated carbocycles. The van der Waals surface area contributed by atoms with Crippen molar-refractivity contribution in [1.29, 1.82) is 0 Å². The molecule has 98 valence electrons. The van der Waals surface area contributed by atoms with Gasteiger partial charge in [-0.3, -0.25) is 4.79 Å². The number of aryl methyl sites for hydroxylation is 1. The lowest BCUT2D eigenvalue weighted by atomic mass is 10.1. The predicted molar refractivity (Wildman–Crippen MR) is 80.1 cm³/mol. The third-order valence-corrected chi connectivity index (χ3v) is 3.12. The number of nitrogens with one attached hydrogen (secondary N) is 2. The van der Waals surface area contributed by atoms with E-state index in [9.17, 15) is 4.79 Å². The van der Waals surface area contributed by atoms with Gasteiger partial charge in [-0.25, -0.2) is 0 Å². The Labute approximate surface area is 117 Å². The summed E-state index contributed by atoms with van der Waals surface area (Å²) < 4.78 is 0. The Hall–Kier alpha value is -2.00. The Kier molecular flexibility index (Phi) is 4.07. The molecule has 0 aliphatic heterocycles. The topological polar surface area (TPSA) is 41.1 Å². The van der Waals surface area contributed by atoms with E-state index in [0.717, 1.165) is 11.3 Å². The summed E-state index contributed by atoms with van der Waals surface area (Å²) in [5.41, 5.74) is 3.23. The van der Waals surface area contributed by atoms with Crippen LogP contribution in [0.1, 0.15) is 15.9 Å². The van der Waals surface area contributed by atoms with E-state index in [1.807, 2.05) is 38.2 Å². The minimum atomic E-state index is -0.173. The van der Waals surface area contributed by atoms with E-state index in [0.29, 0.717) is 16.3 Å². The maximum Gasteiger partial charge on any atom is 0.255 e. The number of carbonyl (C=O) groups excluding carboxylic acids is 1. The minimum Gasteiger partial charge on any atom is -0.388 e. The summed E-state index contributed by atoms with van der Waals surface area (Å²) in [5.74, 6) is -0.173. The largest absolute Gasteiger partial charge is 0.388 e. The molecule has 2 rings (SSSR count). The number of halogens is 1. The Bertz CT molecular complexity index is 594. The van der Waals surface area contributed by atoms with E-state index in [1.54, 1.807) is 18.2 Å². The average Bonchev–Trinajstić information content (AvgIpc) is 2.42. The van der Waals surface area contributed by atoms with Crippen molar-refractivity contribution in [3.63, 3.8) is 0 Å². The molecule has 1 amide bonds. The van der Waals surface area contributed by atoms with E-state index in [1.165, 1.54) is 0 Å². The molecule has 0 atom stereocenters. The Morgan fingerprint density at radius 2 is 1.79 bits per heavy atom. The third-order valence-electron chi connectivity index (χ3n) is 2.81. The van der Waals surface area contributed by atoms with E-state index in [2.05, 4.69) is 10.6 Å². The Morgan fingerprint density at radius 1 is 1.11 bits per heavy atom. The first kappa shape index (κ1) is 13.4. The molecular formula is C15H15ClN2O. The van der Waals surface area contributed by atoms with Crippen molar-refractivity contribution in [2.45, 2.75) is 6.92 Å². The molecule has 0 fully saturated rings. The molecule has 0 aromatic heterocycles. The highest BCUT2D eigenvalue weighted by atomic mass is 35.5. The van der Waals surface area contributed by atoms with Crippen molar-refractivity contribution >= 4 is 28.9 Å². The predicted octanol–water partition coefficient (Wildman–Crippen LogP) is 3.94. The first-order valence-corrected chi connectivity index (χ1v) is 6.33. The van der Waals surface area contributed by atoms with Crippen molar-refractivity contribution in [2.75, 3.05) is 17.7 Å². The first-order valence-electron chi connectivity index (χ1n) is 5.95. The summed E-state index contributed by atoms with van der Waals surface area (Å²) in [6.45, 7) is 1.95. The highest BCUT2D eigenvalue weighted by Gasteiger charge is 2.08. The number of anilines is 2. The molecule has 0 bridgehead atoms. The number of benzene rings is 2. The van der Waals surface area contributed by atoms with Crippen LogP contribution in [0, 0.1) is 6.92 Å². The molecule has 2 aromatic rings. The van der Waals surface area contributed by atoms with Crippen molar-refractivity contribution in [3.05, 3.63) is 58.6 Å². The van der Waals surface area contributed by atoms with Crippen molar-refractivity contribution in [3.8, 4) is 0 Å². The van der Waals surface area contributed by atoms with Crippen LogP contribution in [0.4, 0.5) is 11.4 Å². The van der Waals surface area contributed by atoms with E-state index in [4.69, 9.17) is 11.6 Å². The number of rotatable bonds is 3. The van der Waals surface area contributed by atoms with Crippen LogP contribution in [0.5, 0.6) is 0 Å². The molecule has 2 N–H and O–H groups in total. The number of hydrogen-bond acceptors (Lipinski definition) is 2. The standard InChI is InChI=1S/C15H15ClN2O/c1-10-3-8-14(13(16)9-10)18-15(19)11-4-6-12(17-2)7-5-11/h3-9,17H,1-2H3,(H,18,19). The highest BCUT2D eigenvalue weighted by molar-refractivity contribution is 6.34. The van der Waals surface area contributed by atoms with Crippen LogP contribution in [-0.4, -0.2) is 13.0 Å². The van der Waals surface area contributed by atoms with Crippen molar-refractivity contribution < 1.29 is 4.79 Å². The lowest BCUT2D eigenvalue weighted by Crippen LogP contribution is -2.12. The number of amides is 1. The normalized spacial score (nSPS) is 10.1. The van der Waals surface area contributed by atoms with Gasteiger partial charge in [-0.15, -0.1) is 0 Å². The van der Waals surface area contributed by atoms with Crippen LogP contribution in [0.2, 0.25) is 5.02 Å². The van der Waals surface area contributed by atoms with E-state index >= 15 is 0 Å². The fourth-order valence-electron chi connectivity index (χ4n) is 1.70. The highest BCUT2D eigenvalue weighted by Crippen LogP contribution is 2.23. The van der Waals surface area contributed by atoms with E-state index in [-0.39, 0.29) is 5.91 Å². The molecule has 0 radical (unpaired) electrons. The molecule has 0 aliphatic carbocycles. The molecule has 0 unspecified atom stereocenters. The van der Waals surface area contributed by atoms with Crippen LogP contribution < -0.4 is 10.6 Å². The third kappa shape index (κ3) is 3.26. The maximum absolute atomic E-state index is 12.1. The lowest BCUT2D eigenvalue weighted by Gasteiger charge is -2.08. The van der Waals surface area contributed by atoms with Gasteiger partial charge >= 0.3 is 0 Å². The molecule has 4 heteroatoms. The van der Waals surface area contributed by atoms with E-state index < -0.39 is 0 Å². The zero-order valence-corrected chi connectivity index (χ0v) is 11.6. The van der Waals surface area contributed by atoms with Crippen LogP contribution >= 0.6 is 11.6 Å². The van der Waals surface area contributed by atoms with Crippen LogP contribution in [0.25, 0.3) is 0 Å². The molecule has 0 spiro atoms. The van der Waals surface area contributed by atoms with Gasteiger partial charge in [0.25, 0.3) is 5.91 Å². The fraction of sp³-hybridized carbons (Fsp3) is 0.133. The molecule has 3 nitrogen and oxygen atoms in total. The molecule has 0 heterocycles. The number of hydrogen-bond donors (Lipinski definition) is 2. The molecule has 2 aromatic carbocycles. The monoisotopic (exact) mass is 274 g/mol. The second kappa shape index (κ2) is 5.76. The second-order valence-corrected chi connectivity index (χ2v) is 4.67. The van der Waals surface area contributed by atoms with Crippen LogP contribution in [0.15, 0.2) is 42.5 Å². The zero-order valence-electron chi connectivity index (χ0n) is 10.8. The van der Waals surface area contributed by atoms with Gasteiger partial charge in [-0.2, -0.15) is 0 Å². The van der Waals surface area contributed by atoms with Gasteiger partial charge in [-0.1, -0.05) is 17.7 Å². The summed E-state index contributed by atoms with van der Waals surface area (Å²) in [6.07, 6.45) is 0. The summed E-state index contributed by atoms with van der Waals surface area (Å²) in [4.78, 5) is 12.1. The average molecular weight is 275 g/mol.